The van der Waals surface area contributed by atoms with E-state index in [0.29, 0.717) is 0 Å². The molecule has 0 aliphatic rings. The smallest absolute Gasteiger partial charge is 0.267 e. The zero-order chi connectivity index (χ0) is 12.3. The minimum absolute atomic E-state index is 0.0862. The third kappa shape index (κ3) is 9.49. The number of hydrogen-bond acceptors (Lipinski definition) is 5. The highest BCUT2D eigenvalue weighted by atomic mass is 31.2. The fourth-order valence-corrected chi connectivity index (χ4v) is 0.811. The fraction of sp³-hybridized carbons (Fsp3) is 0.833. The minimum atomic E-state index is -4.34. The first-order valence-corrected chi connectivity index (χ1v) is 4.58. The van der Waals surface area contributed by atoms with Gasteiger partial charge in [0, 0.05) is 21.9 Å². The first-order valence-electron chi connectivity index (χ1n) is 4.82. The molecule has 0 spiro atoms. The van der Waals surface area contributed by atoms with Crippen LogP contribution in [0, 0.1) is 0 Å². The molecule has 0 aromatic heterocycles. The average Bonchev–Trinajstić information content (AvgIpc) is 2.15. The van der Waals surface area contributed by atoms with E-state index in [-0.39, 0.29) is 19.1 Å². The van der Waals surface area contributed by atoms with Gasteiger partial charge >= 0.3 is 0 Å². The molecule has 1 atom stereocenters. The van der Waals surface area contributed by atoms with Crippen molar-refractivity contribution in [1.29, 1.82) is 0 Å². The van der Waals surface area contributed by atoms with Crippen LogP contribution in [0.4, 0.5) is 0 Å². The lowest BCUT2D eigenvalue weighted by Crippen LogP contribution is -2.24. The van der Waals surface area contributed by atoms with Crippen LogP contribution in [-0.2, 0) is 18.4 Å². The second kappa shape index (κ2) is 7.03. The molecular formula is C6H15NO5P-. The van der Waals surface area contributed by atoms with Crippen LogP contribution in [0.25, 0.3) is 0 Å². The number of nitrogens with one attached hydrogen (secondary N) is 1. The number of phosphoric acid groups is 1. The highest BCUT2D eigenvalue weighted by Crippen LogP contribution is 2.36. The lowest BCUT2D eigenvalue weighted by molar-refractivity contribution is -0.222. The van der Waals surface area contributed by atoms with Gasteiger partial charge in [0.05, 0.1) is 7.98 Å². The maximum absolute atomic E-state index is 10.6. The van der Waals surface area contributed by atoms with Crippen LogP contribution in [0.2, 0.25) is 0 Å². The molecule has 6 nitrogen and oxygen atoms in total. The summed E-state index contributed by atoms with van der Waals surface area (Å²) >= 11 is 0. The zero-order valence-electron chi connectivity index (χ0n) is 9.61. The van der Waals surface area contributed by atoms with E-state index >= 15 is 0 Å². The summed E-state index contributed by atoms with van der Waals surface area (Å²) in [7, 11) is -3.80. The summed E-state index contributed by atoms with van der Waals surface area (Å²) in [4.78, 5) is 20.9. The first-order chi connectivity index (χ1) is 6.98. The maximum Gasteiger partial charge on any atom is 0.267 e. The molecule has 0 aliphatic carbocycles. The number of phosphoric ester groups is 1. The predicted octanol–water partition coefficient (Wildman–Crippen LogP) is -0.110. The molecule has 0 saturated heterocycles. The Bertz CT molecular complexity index is 216. The number of carbonyl (C=O) groups is 1. The van der Waals surface area contributed by atoms with Gasteiger partial charge in [0.1, 0.15) is 0 Å². The van der Waals surface area contributed by atoms with E-state index in [1.54, 1.807) is 0 Å². The highest BCUT2D eigenvalue weighted by Gasteiger charge is 2.04. The van der Waals surface area contributed by atoms with Gasteiger partial charge in [-0.1, -0.05) is 7.40 Å². The highest BCUT2D eigenvalue weighted by molar-refractivity contribution is 7.45. The monoisotopic (exact) mass is 216 g/mol. The molecule has 0 saturated carbocycles. The molecule has 0 fully saturated rings. The Morgan fingerprint density at radius 3 is 2.92 bits per heavy atom. The molecular weight excluding hydrogens is 197 g/mol. The number of amides is 1. The summed E-state index contributed by atoms with van der Waals surface area (Å²) in [5.74, 6) is -0.272. The Morgan fingerprint density at radius 2 is 2.46 bits per heavy atom. The van der Waals surface area contributed by atoms with Gasteiger partial charge in [-0.25, -0.2) is 0 Å². The quantitative estimate of drug-likeness (QED) is 0.511. The van der Waals surface area contributed by atoms with Gasteiger partial charge in [-0.05, 0) is 0 Å². The van der Waals surface area contributed by atoms with Crippen molar-refractivity contribution in [1.82, 2.24) is 5.32 Å². The van der Waals surface area contributed by atoms with E-state index in [9.17, 15) is 14.3 Å². The molecule has 0 aromatic carbocycles. The molecule has 0 heterocycles. The van der Waals surface area contributed by atoms with E-state index in [2.05, 4.69) is 14.4 Å². The summed E-state index contributed by atoms with van der Waals surface area (Å²) in [6.07, 6.45) is 0. The van der Waals surface area contributed by atoms with Gasteiger partial charge in [-0.2, -0.15) is 0 Å². The summed E-state index contributed by atoms with van der Waals surface area (Å²) in [6, 6.07) is 0. The fourth-order valence-electron chi connectivity index (χ4n) is 0.422. The zero-order valence-corrected chi connectivity index (χ0v) is 8.50. The second-order valence-corrected chi connectivity index (χ2v) is 3.30. The molecule has 0 bridgehead atoms. The van der Waals surface area contributed by atoms with Gasteiger partial charge in [-0.3, -0.25) is 9.36 Å². The first kappa shape index (κ1) is 10.7. The lowest BCUT2D eigenvalue weighted by Gasteiger charge is -2.19. The molecule has 0 radical (unpaired) electrons. The van der Waals surface area contributed by atoms with Crippen LogP contribution in [0.15, 0.2) is 0 Å². The van der Waals surface area contributed by atoms with Gasteiger partial charge in [0.15, 0.2) is 0 Å². The summed E-state index contributed by atoms with van der Waals surface area (Å²) < 4.78 is 31.1. The van der Waals surface area contributed by atoms with Crippen LogP contribution in [0.1, 0.15) is 17.1 Å². The molecule has 0 aliphatic heterocycles. The van der Waals surface area contributed by atoms with Crippen molar-refractivity contribution >= 4 is 13.7 Å². The molecule has 1 N–H and O–H groups in total. The number of rotatable bonds is 5. The minimum Gasteiger partial charge on any atom is -0.756 e. The van der Waals surface area contributed by atoms with E-state index in [1.165, 1.54) is 14.3 Å². The Hall–Kier alpha value is -0.420. The Kier molecular flexibility index (Phi) is 5.76. The maximum atomic E-state index is 10.6. The van der Waals surface area contributed by atoms with Gasteiger partial charge < -0.3 is 19.3 Å². The van der Waals surface area contributed by atoms with Crippen molar-refractivity contribution in [2.45, 2.75) is 14.3 Å². The molecule has 0 rings (SSSR count). The van der Waals surface area contributed by atoms with Crippen LogP contribution < -0.4 is 10.2 Å². The van der Waals surface area contributed by atoms with Crippen LogP contribution in [0.5, 0.6) is 0 Å². The van der Waals surface area contributed by atoms with Crippen molar-refractivity contribution in [2.24, 2.45) is 0 Å². The molecule has 0 aromatic rings. The van der Waals surface area contributed by atoms with E-state index in [0.717, 1.165) is 0 Å². The van der Waals surface area contributed by atoms with Crippen molar-refractivity contribution < 1.29 is 26.0 Å². The normalized spacial score (nSPS) is 15.6. The van der Waals surface area contributed by atoms with E-state index < -0.39 is 14.9 Å². The second-order valence-electron chi connectivity index (χ2n) is 1.89. The topological polar surface area (TPSA) is 87.7 Å². The molecule has 7 heteroatoms. The third-order valence-electron chi connectivity index (χ3n) is 0.884. The SMILES string of the molecule is [3H]C.[3H]COP(=O)([O-])OCCNC(C)=O. The molecule has 80 valence electrons. The summed E-state index contributed by atoms with van der Waals surface area (Å²) in [5, 5.41) is 2.33. The Morgan fingerprint density at radius 1 is 1.85 bits per heavy atom. The molecule has 13 heavy (non-hydrogen) atoms. The van der Waals surface area contributed by atoms with Crippen molar-refractivity contribution in [2.75, 3.05) is 20.2 Å². The van der Waals surface area contributed by atoms with Crippen molar-refractivity contribution in [3.05, 3.63) is 0 Å². The van der Waals surface area contributed by atoms with E-state index in [4.69, 9.17) is 2.74 Å². The summed E-state index contributed by atoms with van der Waals surface area (Å²) in [6.45, 7) is 1.19. The molecule has 1 amide bonds. The lowest BCUT2D eigenvalue weighted by atomic mass is 10.6. The average molecular weight is 216 g/mol. The molecule has 1 unspecified atom stereocenters. The van der Waals surface area contributed by atoms with Gasteiger partial charge in [0.2, 0.25) is 5.91 Å². The Balaban J connectivity index is 0. The standard InChI is InChI=1S/C5H12NO5P.CH4/c1-5(7)6-3-4-11-12(8,9)10-2;/h3-4H2,1-2H3,(H,6,7)(H,8,9);1H4/p-1/i2T;1T. The van der Waals surface area contributed by atoms with Gasteiger partial charge in [0.25, 0.3) is 7.82 Å². The predicted molar refractivity (Wildman–Crippen MR) is 46.0 cm³/mol. The largest absolute Gasteiger partial charge is 0.756 e. The number of hydrogen-bond donors (Lipinski definition) is 1. The van der Waals surface area contributed by atoms with Crippen molar-refractivity contribution in [3.63, 3.8) is 0 Å². The number of carbonyl (C=O) groups excluding carboxylic acids is 1. The van der Waals surface area contributed by atoms with Gasteiger partial charge in [-0.15, -0.1) is 0 Å². The van der Waals surface area contributed by atoms with Crippen LogP contribution in [-0.4, -0.2) is 26.1 Å². The Labute approximate surface area is 80.7 Å². The van der Waals surface area contributed by atoms with Crippen molar-refractivity contribution in [3.8, 4) is 0 Å². The van der Waals surface area contributed by atoms with Crippen LogP contribution >= 0.6 is 7.82 Å². The van der Waals surface area contributed by atoms with E-state index in [1.807, 2.05) is 0 Å². The third-order valence-corrected chi connectivity index (χ3v) is 1.70. The summed E-state index contributed by atoms with van der Waals surface area (Å²) in [5.41, 5.74) is 0. The van der Waals surface area contributed by atoms with Crippen LogP contribution in [0.3, 0.4) is 0 Å².